The number of para-hydroxylation sites is 1. The lowest BCUT2D eigenvalue weighted by Crippen LogP contribution is -2.02. The quantitative estimate of drug-likeness (QED) is 0.164. The number of hydrogen-bond acceptors (Lipinski definition) is 3. The summed E-state index contributed by atoms with van der Waals surface area (Å²) in [6.45, 7) is 8.95. The zero-order valence-corrected chi connectivity index (χ0v) is 26.7. The highest BCUT2D eigenvalue weighted by Gasteiger charge is 2.18. The first-order valence-electron chi connectivity index (χ1n) is 16.1. The van der Waals surface area contributed by atoms with Crippen LogP contribution in [0.3, 0.4) is 0 Å². The van der Waals surface area contributed by atoms with E-state index < -0.39 is 0 Å². The van der Waals surface area contributed by atoms with Gasteiger partial charge in [0.1, 0.15) is 23.1 Å². The van der Waals surface area contributed by atoms with Gasteiger partial charge in [0.05, 0.1) is 22.9 Å². The molecule has 5 nitrogen and oxygen atoms in total. The number of ether oxygens (including phenoxy) is 1. The molecule has 0 unspecified atom stereocenters. The second-order valence-corrected chi connectivity index (χ2v) is 12.0. The molecule has 46 heavy (non-hydrogen) atoms. The number of hydrogen-bond donors (Lipinski definition) is 0. The van der Waals surface area contributed by atoms with Crippen LogP contribution in [0.2, 0.25) is 0 Å². The first-order chi connectivity index (χ1) is 22.4. The minimum absolute atomic E-state index is 0.331. The van der Waals surface area contributed by atoms with E-state index in [4.69, 9.17) is 9.84 Å². The molecule has 0 amide bonds. The highest BCUT2D eigenvalue weighted by atomic mass is 19.1. The number of fused-ring (bicyclic) bond motifs is 3. The summed E-state index contributed by atoms with van der Waals surface area (Å²) in [5.74, 6) is 1.57. The molecule has 0 bridgehead atoms. The molecule has 3 aromatic heterocycles. The van der Waals surface area contributed by atoms with Gasteiger partial charge in [-0.2, -0.15) is 5.10 Å². The Morgan fingerprint density at radius 2 is 1.48 bits per heavy atom. The summed E-state index contributed by atoms with van der Waals surface area (Å²) in [6.07, 6.45) is 9.92. The van der Waals surface area contributed by atoms with Gasteiger partial charge in [-0.25, -0.2) is 14.1 Å². The predicted molar refractivity (Wildman–Crippen MR) is 185 cm³/mol. The Hall–Kier alpha value is -5.23. The fourth-order valence-electron chi connectivity index (χ4n) is 6.76. The maximum absolute atomic E-state index is 14.3. The Kier molecular flexibility index (Phi) is 7.87. The molecule has 230 valence electrons. The van der Waals surface area contributed by atoms with Crippen LogP contribution in [0.25, 0.3) is 44.4 Å². The summed E-state index contributed by atoms with van der Waals surface area (Å²) in [6, 6.07) is 27.3. The fraction of sp³-hybridized carbons (Fsp3) is 0.200. The summed E-state index contributed by atoms with van der Waals surface area (Å²) in [5, 5.41) is 6.92. The van der Waals surface area contributed by atoms with Crippen molar-refractivity contribution in [3.8, 4) is 34.1 Å². The molecule has 0 fully saturated rings. The van der Waals surface area contributed by atoms with Crippen LogP contribution in [-0.2, 0) is 12.8 Å². The summed E-state index contributed by atoms with van der Waals surface area (Å²) < 4.78 is 24.6. The van der Waals surface area contributed by atoms with Crippen LogP contribution in [0, 0.1) is 19.7 Å². The van der Waals surface area contributed by atoms with Gasteiger partial charge in [-0.05, 0) is 90.9 Å². The van der Waals surface area contributed by atoms with Gasteiger partial charge in [0.25, 0.3) is 0 Å². The van der Waals surface area contributed by atoms with E-state index in [-0.39, 0.29) is 5.82 Å². The molecule has 0 N–H and O–H groups in total. The molecule has 3 heterocycles. The van der Waals surface area contributed by atoms with Crippen molar-refractivity contribution in [3.63, 3.8) is 0 Å². The van der Waals surface area contributed by atoms with Crippen molar-refractivity contribution in [1.82, 2.24) is 19.3 Å². The number of benzene rings is 4. The standard InChI is InChI=1S/C40H37FN4O/c1-5-10-33-26(3)20-27(4)34(11-6-2)40(33)28-24-43-44(25-28)30-12-9-13-31(22-30)46-32-16-17-36-35-14-7-8-15-37(35)45(38(36)23-32)39-21-29(41)18-19-42-39/h7-9,12-25H,5-6,10-11H2,1-4H3. The minimum atomic E-state index is -0.331. The van der Waals surface area contributed by atoms with Crippen LogP contribution in [0.4, 0.5) is 4.39 Å². The smallest absolute Gasteiger partial charge is 0.140 e. The van der Waals surface area contributed by atoms with Crippen LogP contribution >= 0.6 is 0 Å². The summed E-state index contributed by atoms with van der Waals surface area (Å²) >= 11 is 0. The fourth-order valence-corrected chi connectivity index (χ4v) is 6.76. The van der Waals surface area contributed by atoms with Gasteiger partial charge >= 0.3 is 0 Å². The molecule has 0 aliphatic heterocycles. The zero-order valence-electron chi connectivity index (χ0n) is 26.7. The first-order valence-corrected chi connectivity index (χ1v) is 16.1. The van der Waals surface area contributed by atoms with E-state index in [1.165, 1.54) is 46.1 Å². The van der Waals surface area contributed by atoms with Gasteiger partial charge in [-0.3, -0.25) is 4.57 Å². The van der Waals surface area contributed by atoms with Crippen molar-refractivity contribution in [2.24, 2.45) is 0 Å². The Morgan fingerprint density at radius 3 is 2.24 bits per heavy atom. The monoisotopic (exact) mass is 608 g/mol. The lowest BCUT2D eigenvalue weighted by Gasteiger charge is -2.19. The van der Waals surface area contributed by atoms with E-state index in [1.54, 1.807) is 0 Å². The molecule has 6 heteroatoms. The molecule has 4 aromatic carbocycles. The Balaban J connectivity index is 1.25. The molecule has 0 saturated heterocycles. The molecule has 0 atom stereocenters. The van der Waals surface area contributed by atoms with Crippen LogP contribution < -0.4 is 4.74 Å². The number of rotatable bonds is 9. The summed E-state index contributed by atoms with van der Waals surface area (Å²) in [7, 11) is 0. The average molecular weight is 609 g/mol. The molecule has 0 saturated carbocycles. The number of pyridine rings is 1. The lowest BCUT2D eigenvalue weighted by atomic mass is 9.86. The summed E-state index contributed by atoms with van der Waals surface area (Å²) in [4.78, 5) is 4.48. The Bertz CT molecular complexity index is 2180. The maximum atomic E-state index is 14.3. The number of nitrogens with zero attached hydrogens (tertiary/aromatic N) is 4. The number of aromatic nitrogens is 4. The molecule has 0 aliphatic rings. The van der Waals surface area contributed by atoms with Crippen molar-refractivity contribution >= 4 is 21.8 Å². The number of aryl methyl sites for hydroxylation is 2. The second kappa shape index (κ2) is 12.3. The van der Waals surface area contributed by atoms with Gasteiger partial charge in [0.15, 0.2) is 0 Å². The van der Waals surface area contributed by atoms with Gasteiger partial charge in [-0.15, -0.1) is 0 Å². The van der Waals surface area contributed by atoms with E-state index in [0.717, 1.165) is 58.7 Å². The third kappa shape index (κ3) is 5.34. The topological polar surface area (TPSA) is 44.9 Å². The normalized spacial score (nSPS) is 11.5. The molecular weight excluding hydrogens is 571 g/mol. The molecule has 7 aromatic rings. The molecule has 0 aliphatic carbocycles. The molecular formula is C40H37FN4O. The maximum Gasteiger partial charge on any atom is 0.140 e. The lowest BCUT2D eigenvalue weighted by molar-refractivity contribution is 0.483. The molecule has 0 spiro atoms. The minimum Gasteiger partial charge on any atom is -0.457 e. The van der Waals surface area contributed by atoms with E-state index in [0.29, 0.717) is 17.3 Å². The van der Waals surface area contributed by atoms with E-state index >= 15 is 0 Å². The second-order valence-electron chi connectivity index (χ2n) is 12.0. The average Bonchev–Trinajstić information content (AvgIpc) is 3.67. The van der Waals surface area contributed by atoms with Crippen molar-refractivity contribution in [2.75, 3.05) is 0 Å². The summed E-state index contributed by atoms with van der Waals surface area (Å²) in [5.41, 5.74) is 10.8. The van der Waals surface area contributed by atoms with Crippen LogP contribution in [0.5, 0.6) is 11.5 Å². The largest absolute Gasteiger partial charge is 0.457 e. The Labute approximate surface area is 268 Å². The first kappa shape index (κ1) is 29.5. The van der Waals surface area contributed by atoms with E-state index in [1.807, 2.05) is 70.0 Å². The van der Waals surface area contributed by atoms with Gasteiger partial charge in [-0.1, -0.05) is 57.0 Å². The highest BCUT2D eigenvalue weighted by Crippen LogP contribution is 2.37. The van der Waals surface area contributed by atoms with Gasteiger partial charge < -0.3 is 4.74 Å². The van der Waals surface area contributed by atoms with E-state index in [2.05, 4.69) is 57.1 Å². The Morgan fingerprint density at radius 1 is 0.739 bits per heavy atom. The van der Waals surface area contributed by atoms with Crippen LogP contribution in [-0.4, -0.2) is 19.3 Å². The highest BCUT2D eigenvalue weighted by molar-refractivity contribution is 6.09. The van der Waals surface area contributed by atoms with Crippen molar-refractivity contribution in [3.05, 3.63) is 132 Å². The van der Waals surface area contributed by atoms with Crippen LogP contribution in [0.1, 0.15) is 48.9 Å². The van der Waals surface area contributed by atoms with Crippen molar-refractivity contribution in [1.29, 1.82) is 0 Å². The molecule has 0 radical (unpaired) electrons. The van der Waals surface area contributed by atoms with Gasteiger partial charge in [0, 0.05) is 46.9 Å². The van der Waals surface area contributed by atoms with Crippen molar-refractivity contribution < 1.29 is 9.13 Å². The zero-order chi connectivity index (χ0) is 31.8. The predicted octanol–water partition coefficient (Wildman–Crippen LogP) is 10.5. The third-order valence-electron chi connectivity index (χ3n) is 8.76. The third-order valence-corrected chi connectivity index (χ3v) is 8.76. The molecule has 7 rings (SSSR count). The van der Waals surface area contributed by atoms with Gasteiger partial charge in [0.2, 0.25) is 0 Å². The SMILES string of the molecule is CCCc1c(C)cc(C)c(CCC)c1-c1cnn(-c2cccc(Oc3ccc4c5ccccc5n(-c5cc(F)ccn5)c4c3)c2)c1. The van der Waals surface area contributed by atoms with E-state index in [9.17, 15) is 4.39 Å². The number of halogens is 1. The van der Waals surface area contributed by atoms with Crippen molar-refractivity contribution in [2.45, 2.75) is 53.4 Å². The van der Waals surface area contributed by atoms with Crippen LogP contribution in [0.15, 0.2) is 104 Å².